The van der Waals surface area contributed by atoms with E-state index in [1.165, 1.54) is 12.1 Å². The Hall–Kier alpha value is -0.640. The van der Waals surface area contributed by atoms with Crippen molar-refractivity contribution in [3.8, 4) is 0 Å². The molecule has 0 bridgehead atoms. The molecule has 1 aliphatic heterocycles. The first-order chi connectivity index (χ1) is 8.60. The summed E-state index contributed by atoms with van der Waals surface area (Å²) in [5, 5.41) is 4.05. The van der Waals surface area contributed by atoms with Gasteiger partial charge in [-0.3, -0.25) is 4.90 Å². The predicted octanol–water partition coefficient (Wildman–Crippen LogP) is 3.05. The van der Waals surface area contributed by atoms with Gasteiger partial charge in [0.1, 0.15) is 5.82 Å². The summed E-state index contributed by atoms with van der Waals surface area (Å²) in [5.74, 6) is -0.274. The van der Waals surface area contributed by atoms with Crippen LogP contribution in [0.4, 0.5) is 4.39 Å². The molecule has 0 aromatic heterocycles. The van der Waals surface area contributed by atoms with Gasteiger partial charge < -0.3 is 5.32 Å². The largest absolute Gasteiger partial charge is 0.311 e. The molecule has 0 amide bonds. The summed E-state index contributed by atoms with van der Waals surface area (Å²) < 4.78 is 13.0. The number of piperazine rings is 1. The van der Waals surface area contributed by atoms with Crippen LogP contribution >= 0.6 is 11.6 Å². The maximum Gasteiger partial charge on any atom is 0.124 e. The highest BCUT2D eigenvalue weighted by molar-refractivity contribution is 6.31. The maximum atomic E-state index is 13.0. The summed E-state index contributed by atoms with van der Waals surface area (Å²) in [6, 6.07) is 5.68. The van der Waals surface area contributed by atoms with Crippen LogP contribution in [-0.2, 0) is 6.54 Å². The van der Waals surface area contributed by atoms with Crippen LogP contribution < -0.4 is 5.32 Å². The number of hydrogen-bond donors (Lipinski definition) is 1. The molecule has 2 nitrogen and oxygen atoms in total. The third-order valence-electron chi connectivity index (χ3n) is 3.66. The lowest BCUT2D eigenvalue weighted by Gasteiger charge is -2.38. The molecule has 2 atom stereocenters. The average Bonchev–Trinajstić information content (AvgIpc) is 2.35. The summed E-state index contributed by atoms with van der Waals surface area (Å²) in [6.07, 6.45) is 1.13. The standard InChI is InChI=1S/C14H20ClFN2/c1-3-13-9-18(10(2)7-17-13)8-11-4-5-12(16)6-14(11)15/h4-6,10,13,17H,3,7-9H2,1-2H3. The van der Waals surface area contributed by atoms with Gasteiger partial charge in [0.25, 0.3) is 0 Å². The van der Waals surface area contributed by atoms with Gasteiger partial charge in [0.15, 0.2) is 0 Å². The zero-order chi connectivity index (χ0) is 13.1. The van der Waals surface area contributed by atoms with Crippen LogP contribution in [0.2, 0.25) is 5.02 Å². The van der Waals surface area contributed by atoms with E-state index in [0.717, 1.165) is 31.6 Å². The molecule has 1 aliphatic rings. The molecule has 1 aromatic rings. The van der Waals surface area contributed by atoms with Crippen LogP contribution in [0.5, 0.6) is 0 Å². The molecule has 4 heteroatoms. The summed E-state index contributed by atoms with van der Waals surface area (Å²) in [6.45, 7) is 7.20. The average molecular weight is 271 g/mol. The van der Waals surface area contributed by atoms with Gasteiger partial charge in [0, 0.05) is 36.7 Å². The third kappa shape index (κ3) is 3.22. The van der Waals surface area contributed by atoms with Crippen molar-refractivity contribution in [3.63, 3.8) is 0 Å². The van der Waals surface area contributed by atoms with Crippen molar-refractivity contribution in [2.24, 2.45) is 0 Å². The molecule has 1 saturated heterocycles. The molecule has 1 fully saturated rings. The molecular weight excluding hydrogens is 251 g/mol. The number of nitrogens with one attached hydrogen (secondary N) is 1. The highest BCUT2D eigenvalue weighted by Crippen LogP contribution is 2.21. The number of benzene rings is 1. The summed E-state index contributed by atoms with van der Waals surface area (Å²) in [5.41, 5.74) is 1.00. The van der Waals surface area contributed by atoms with E-state index < -0.39 is 0 Å². The Bertz CT molecular complexity index is 411. The molecular formula is C14H20ClFN2. The summed E-state index contributed by atoms with van der Waals surface area (Å²) in [4.78, 5) is 2.41. The number of halogens is 2. The molecule has 2 unspecified atom stereocenters. The smallest absolute Gasteiger partial charge is 0.124 e. The Morgan fingerprint density at radius 3 is 2.94 bits per heavy atom. The van der Waals surface area contributed by atoms with Crippen LogP contribution in [0.1, 0.15) is 25.8 Å². The molecule has 100 valence electrons. The van der Waals surface area contributed by atoms with Crippen LogP contribution in [-0.4, -0.2) is 30.1 Å². The normalized spacial score (nSPS) is 25.3. The minimum absolute atomic E-state index is 0.274. The number of hydrogen-bond acceptors (Lipinski definition) is 2. The van der Waals surface area contributed by atoms with Gasteiger partial charge in [-0.15, -0.1) is 0 Å². The van der Waals surface area contributed by atoms with Crippen molar-refractivity contribution < 1.29 is 4.39 Å². The molecule has 2 rings (SSSR count). The molecule has 1 N–H and O–H groups in total. The van der Waals surface area contributed by atoms with E-state index in [0.29, 0.717) is 17.1 Å². The quantitative estimate of drug-likeness (QED) is 0.908. The van der Waals surface area contributed by atoms with Gasteiger partial charge in [-0.1, -0.05) is 24.6 Å². The molecule has 1 aromatic carbocycles. The van der Waals surface area contributed by atoms with Crippen molar-refractivity contribution in [1.82, 2.24) is 10.2 Å². The van der Waals surface area contributed by atoms with Crippen molar-refractivity contribution in [3.05, 3.63) is 34.6 Å². The first kappa shape index (κ1) is 13.8. The van der Waals surface area contributed by atoms with Gasteiger partial charge in [0.05, 0.1) is 0 Å². The van der Waals surface area contributed by atoms with Gasteiger partial charge >= 0.3 is 0 Å². The Kier molecular flexibility index (Phi) is 4.60. The predicted molar refractivity (Wildman–Crippen MR) is 73.4 cm³/mol. The fraction of sp³-hybridized carbons (Fsp3) is 0.571. The highest BCUT2D eigenvalue weighted by atomic mass is 35.5. The van der Waals surface area contributed by atoms with Crippen LogP contribution in [0.3, 0.4) is 0 Å². The Morgan fingerprint density at radius 2 is 2.28 bits per heavy atom. The van der Waals surface area contributed by atoms with E-state index in [-0.39, 0.29) is 5.82 Å². The van der Waals surface area contributed by atoms with E-state index in [1.807, 2.05) is 0 Å². The van der Waals surface area contributed by atoms with Gasteiger partial charge in [-0.05, 0) is 31.0 Å². The maximum absolute atomic E-state index is 13.0. The minimum atomic E-state index is -0.274. The molecule has 18 heavy (non-hydrogen) atoms. The van der Waals surface area contributed by atoms with E-state index in [9.17, 15) is 4.39 Å². The topological polar surface area (TPSA) is 15.3 Å². The van der Waals surface area contributed by atoms with Crippen molar-refractivity contribution >= 4 is 11.6 Å². The lowest BCUT2D eigenvalue weighted by atomic mass is 10.1. The zero-order valence-corrected chi connectivity index (χ0v) is 11.7. The molecule has 0 aliphatic carbocycles. The summed E-state index contributed by atoms with van der Waals surface area (Å²) in [7, 11) is 0. The fourth-order valence-corrected chi connectivity index (χ4v) is 2.58. The lowest BCUT2D eigenvalue weighted by molar-refractivity contribution is 0.131. The first-order valence-electron chi connectivity index (χ1n) is 6.51. The number of rotatable bonds is 3. The van der Waals surface area contributed by atoms with Crippen LogP contribution in [0.15, 0.2) is 18.2 Å². The second-order valence-corrected chi connectivity index (χ2v) is 5.43. The Morgan fingerprint density at radius 1 is 1.50 bits per heavy atom. The van der Waals surface area contributed by atoms with Gasteiger partial charge in [0.2, 0.25) is 0 Å². The van der Waals surface area contributed by atoms with Crippen LogP contribution in [0.25, 0.3) is 0 Å². The minimum Gasteiger partial charge on any atom is -0.311 e. The monoisotopic (exact) mass is 270 g/mol. The lowest BCUT2D eigenvalue weighted by Crippen LogP contribution is -2.54. The second-order valence-electron chi connectivity index (χ2n) is 5.03. The summed E-state index contributed by atoms with van der Waals surface area (Å²) >= 11 is 6.08. The second kappa shape index (κ2) is 6.00. The zero-order valence-electron chi connectivity index (χ0n) is 10.9. The van der Waals surface area contributed by atoms with Crippen molar-refractivity contribution in [2.75, 3.05) is 13.1 Å². The molecule has 0 saturated carbocycles. The van der Waals surface area contributed by atoms with Gasteiger partial charge in [-0.25, -0.2) is 4.39 Å². The molecule has 0 spiro atoms. The molecule has 1 heterocycles. The van der Waals surface area contributed by atoms with E-state index in [1.54, 1.807) is 6.07 Å². The number of nitrogens with zero attached hydrogens (tertiary/aromatic N) is 1. The SMILES string of the molecule is CCC1CN(Cc2ccc(F)cc2Cl)C(C)CN1. The Balaban J connectivity index is 2.07. The van der Waals surface area contributed by atoms with Crippen molar-refractivity contribution in [2.45, 2.75) is 38.9 Å². The van der Waals surface area contributed by atoms with Crippen molar-refractivity contribution in [1.29, 1.82) is 0 Å². The molecule has 0 radical (unpaired) electrons. The third-order valence-corrected chi connectivity index (χ3v) is 4.01. The first-order valence-corrected chi connectivity index (χ1v) is 6.89. The van der Waals surface area contributed by atoms with E-state index in [2.05, 4.69) is 24.1 Å². The van der Waals surface area contributed by atoms with Gasteiger partial charge in [-0.2, -0.15) is 0 Å². The highest BCUT2D eigenvalue weighted by Gasteiger charge is 2.24. The van der Waals surface area contributed by atoms with E-state index >= 15 is 0 Å². The van der Waals surface area contributed by atoms with E-state index in [4.69, 9.17) is 11.6 Å². The fourth-order valence-electron chi connectivity index (χ4n) is 2.36. The Labute approximate surface area is 113 Å². The van der Waals surface area contributed by atoms with Crippen LogP contribution in [0, 0.1) is 5.82 Å².